The van der Waals surface area contributed by atoms with Crippen LogP contribution in [0.15, 0.2) is 24.3 Å². The van der Waals surface area contributed by atoms with E-state index in [2.05, 4.69) is 0 Å². The number of carbonyl (C=O) groups excluding carboxylic acids is 1. The molecule has 4 heteroatoms. The zero-order chi connectivity index (χ0) is 12.8. The molecule has 0 radical (unpaired) electrons. The Morgan fingerprint density at radius 2 is 1.94 bits per heavy atom. The summed E-state index contributed by atoms with van der Waals surface area (Å²) in [5.41, 5.74) is 7.50. The van der Waals surface area contributed by atoms with Gasteiger partial charge in [0.2, 0.25) is 0 Å². The highest BCUT2D eigenvalue weighted by Crippen LogP contribution is 2.16. The van der Waals surface area contributed by atoms with Crippen LogP contribution in [0.1, 0.15) is 19.4 Å². The number of anilines is 1. The normalized spacial score (nSPS) is 10.1. The first-order valence-corrected chi connectivity index (χ1v) is 5.95. The van der Waals surface area contributed by atoms with Gasteiger partial charge in [-0.15, -0.1) is 0 Å². The fourth-order valence-electron chi connectivity index (χ4n) is 1.71. The molecule has 2 N–H and O–H groups in total. The lowest BCUT2D eigenvalue weighted by atomic mass is 10.2. The minimum Gasteiger partial charge on any atom is -0.326 e. The second-order valence-corrected chi connectivity index (χ2v) is 3.89. The predicted octanol–water partition coefficient (Wildman–Crippen LogP) is 2.04. The number of nitrogens with zero attached hydrogens (tertiary/aromatic N) is 2. The first kappa shape index (κ1) is 13.5. The van der Waals surface area contributed by atoms with Crippen LogP contribution in [0.2, 0.25) is 0 Å². The molecule has 1 aromatic rings. The van der Waals surface area contributed by atoms with Gasteiger partial charge < -0.3 is 10.6 Å². The monoisotopic (exact) mass is 235 g/mol. The lowest BCUT2D eigenvalue weighted by Crippen LogP contribution is -2.41. The Morgan fingerprint density at radius 1 is 1.29 bits per heavy atom. The highest BCUT2D eigenvalue weighted by atomic mass is 16.2. The lowest BCUT2D eigenvalue weighted by molar-refractivity contribution is 0.211. The maximum absolute atomic E-state index is 12.1. The summed E-state index contributed by atoms with van der Waals surface area (Å²) in [5, 5.41) is 0. The molecule has 0 heterocycles. The molecule has 0 spiro atoms. The molecule has 1 aromatic carbocycles. The summed E-state index contributed by atoms with van der Waals surface area (Å²) in [6, 6.07) is 7.76. The summed E-state index contributed by atoms with van der Waals surface area (Å²) < 4.78 is 0. The first-order chi connectivity index (χ1) is 8.13. The van der Waals surface area contributed by atoms with Crippen molar-refractivity contribution in [2.24, 2.45) is 5.73 Å². The number of carbonyl (C=O) groups is 1. The third-order valence-electron chi connectivity index (χ3n) is 2.85. The molecular formula is C13H21N3O. The van der Waals surface area contributed by atoms with Gasteiger partial charge in [-0.05, 0) is 31.5 Å². The largest absolute Gasteiger partial charge is 0.326 e. The minimum absolute atomic E-state index is 0.0178. The van der Waals surface area contributed by atoms with E-state index in [1.807, 2.05) is 38.1 Å². The molecule has 94 valence electrons. The van der Waals surface area contributed by atoms with Crippen molar-refractivity contribution in [1.29, 1.82) is 0 Å². The predicted molar refractivity (Wildman–Crippen MR) is 71.1 cm³/mol. The molecule has 0 aliphatic heterocycles. The van der Waals surface area contributed by atoms with Crippen LogP contribution in [-0.4, -0.2) is 31.1 Å². The van der Waals surface area contributed by atoms with Gasteiger partial charge >= 0.3 is 6.03 Å². The Balaban J connectivity index is 2.87. The SMILES string of the molecule is CCN(CC)C(=O)N(C)c1cccc(CN)c1. The molecule has 2 amide bonds. The Kier molecular flexibility index (Phi) is 4.97. The molecule has 0 aliphatic carbocycles. The Morgan fingerprint density at radius 3 is 2.47 bits per heavy atom. The molecule has 0 saturated heterocycles. The summed E-state index contributed by atoms with van der Waals surface area (Å²) in [5.74, 6) is 0. The van der Waals surface area contributed by atoms with E-state index in [9.17, 15) is 4.79 Å². The van der Waals surface area contributed by atoms with E-state index in [1.54, 1.807) is 16.8 Å². The molecule has 0 atom stereocenters. The molecule has 0 unspecified atom stereocenters. The van der Waals surface area contributed by atoms with Gasteiger partial charge in [0, 0.05) is 32.4 Å². The molecular weight excluding hydrogens is 214 g/mol. The Labute approximate surface area is 103 Å². The van der Waals surface area contributed by atoms with Crippen LogP contribution in [0.5, 0.6) is 0 Å². The van der Waals surface area contributed by atoms with Gasteiger partial charge in [-0.1, -0.05) is 12.1 Å². The fraction of sp³-hybridized carbons (Fsp3) is 0.462. The van der Waals surface area contributed by atoms with Crippen molar-refractivity contribution in [3.63, 3.8) is 0 Å². The van der Waals surface area contributed by atoms with Crippen LogP contribution in [0.25, 0.3) is 0 Å². The van der Waals surface area contributed by atoms with Crippen LogP contribution >= 0.6 is 0 Å². The smallest absolute Gasteiger partial charge is 0.324 e. The average Bonchev–Trinajstić information content (AvgIpc) is 2.39. The number of hydrogen-bond acceptors (Lipinski definition) is 2. The summed E-state index contributed by atoms with van der Waals surface area (Å²) in [7, 11) is 1.79. The van der Waals surface area contributed by atoms with Gasteiger partial charge in [-0.3, -0.25) is 4.90 Å². The molecule has 1 rings (SSSR count). The van der Waals surface area contributed by atoms with Gasteiger partial charge in [0.1, 0.15) is 0 Å². The van der Waals surface area contributed by atoms with Crippen molar-refractivity contribution in [2.45, 2.75) is 20.4 Å². The number of nitrogens with two attached hydrogens (primary N) is 1. The van der Waals surface area contributed by atoms with Crippen molar-refractivity contribution >= 4 is 11.7 Å². The lowest BCUT2D eigenvalue weighted by Gasteiger charge is -2.26. The molecule has 0 saturated carbocycles. The second-order valence-electron chi connectivity index (χ2n) is 3.89. The molecule has 4 nitrogen and oxygen atoms in total. The number of hydrogen-bond donors (Lipinski definition) is 1. The van der Waals surface area contributed by atoms with Crippen LogP contribution in [0.4, 0.5) is 10.5 Å². The molecule has 17 heavy (non-hydrogen) atoms. The standard InChI is InChI=1S/C13H21N3O/c1-4-16(5-2)13(17)15(3)12-8-6-7-11(9-12)10-14/h6-9H,4-5,10,14H2,1-3H3. The van der Waals surface area contributed by atoms with Crippen molar-refractivity contribution in [1.82, 2.24) is 4.90 Å². The van der Waals surface area contributed by atoms with Crippen LogP contribution in [0, 0.1) is 0 Å². The molecule has 0 aromatic heterocycles. The van der Waals surface area contributed by atoms with E-state index >= 15 is 0 Å². The van der Waals surface area contributed by atoms with E-state index in [4.69, 9.17) is 5.73 Å². The Bertz CT molecular complexity index is 375. The zero-order valence-corrected chi connectivity index (χ0v) is 10.8. The highest BCUT2D eigenvalue weighted by Gasteiger charge is 2.16. The molecule has 0 aliphatic rings. The third-order valence-corrected chi connectivity index (χ3v) is 2.85. The quantitative estimate of drug-likeness (QED) is 0.868. The van der Waals surface area contributed by atoms with Gasteiger partial charge in [-0.25, -0.2) is 4.79 Å². The number of benzene rings is 1. The number of amides is 2. The van der Waals surface area contributed by atoms with E-state index in [1.165, 1.54) is 0 Å². The van der Waals surface area contributed by atoms with Crippen molar-refractivity contribution in [3.8, 4) is 0 Å². The molecule has 0 bridgehead atoms. The van der Waals surface area contributed by atoms with Gasteiger partial charge in [0.05, 0.1) is 0 Å². The van der Waals surface area contributed by atoms with Crippen molar-refractivity contribution in [3.05, 3.63) is 29.8 Å². The topological polar surface area (TPSA) is 49.6 Å². The van der Waals surface area contributed by atoms with Crippen molar-refractivity contribution in [2.75, 3.05) is 25.0 Å². The zero-order valence-electron chi connectivity index (χ0n) is 10.8. The first-order valence-electron chi connectivity index (χ1n) is 5.95. The van der Waals surface area contributed by atoms with Gasteiger partial charge in [-0.2, -0.15) is 0 Å². The number of rotatable bonds is 4. The van der Waals surface area contributed by atoms with Crippen LogP contribution in [0.3, 0.4) is 0 Å². The average molecular weight is 235 g/mol. The van der Waals surface area contributed by atoms with Gasteiger partial charge in [0.25, 0.3) is 0 Å². The Hall–Kier alpha value is -1.55. The van der Waals surface area contributed by atoms with E-state index < -0.39 is 0 Å². The maximum atomic E-state index is 12.1. The number of urea groups is 1. The highest BCUT2D eigenvalue weighted by molar-refractivity contribution is 5.91. The third kappa shape index (κ3) is 3.20. The summed E-state index contributed by atoms with van der Waals surface area (Å²) in [6.45, 7) is 5.88. The summed E-state index contributed by atoms with van der Waals surface area (Å²) >= 11 is 0. The summed E-state index contributed by atoms with van der Waals surface area (Å²) in [4.78, 5) is 15.6. The van der Waals surface area contributed by atoms with E-state index in [-0.39, 0.29) is 6.03 Å². The van der Waals surface area contributed by atoms with Crippen LogP contribution in [-0.2, 0) is 6.54 Å². The van der Waals surface area contributed by atoms with E-state index in [0.29, 0.717) is 6.54 Å². The van der Waals surface area contributed by atoms with Crippen molar-refractivity contribution < 1.29 is 4.79 Å². The maximum Gasteiger partial charge on any atom is 0.324 e. The van der Waals surface area contributed by atoms with Gasteiger partial charge in [0.15, 0.2) is 0 Å². The van der Waals surface area contributed by atoms with E-state index in [0.717, 1.165) is 24.3 Å². The fourth-order valence-corrected chi connectivity index (χ4v) is 1.71. The second kappa shape index (κ2) is 6.25. The summed E-state index contributed by atoms with van der Waals surface area (Å²) in [6.07, 6.45) is 0. The van der Waals surface area contributed by atoms with Crippen LogP contribution < -0.4 is 10.6 Å². The minimum atomic E-state index is 0.0178. The molecule has 0 fully saturated rings.